The SMILES string of the molecule is c1ccc(CO/N=C(\Cn2cc(CN3CCN(c4ccccc4)CC3)nn2)c2ccccc2)cc1. The molecule has 4 aromatic rings. The minimum absolute atomic E-state index is 0.425. The average molecular weight is 467 g/mol. The molecule has 1 fully saturated rings. The lowest BCUT2D eigenvalue weighted by Crippen LogP contribution is -2.46. The molecular formula is C28H30N6O. The van der Waals surface area contributed by atoms with Crippen LogP contribution in [0.3, 0.4) is 0 Å². The number of benzene rings is 3. The van der Waals surface area contributed by atoms with E-state index in [1.165, 1.54) is 5.69 Å². The van der Waals surface area contributed by atoms with Crippen molar-refractivity contribution >= 4 is 11.4 Å². The molecular weight excluding hydrogens is 436 g/mol. The van der Waals surface area contributed by atoms with Crippen molar-refractivity contribution in [2.24, 2.45) is 5.16 Å². The van der Waals surface area contributed by atoms with Gasteiger partial charge >= 0.3 is 0 Å². The molecule has 35 heavy (non-hydrogen) atoms. The Morgan fingerprint density at radius 2 is 1.46 bits per heavy atom. The van der Waals surface area contributed by atoms with Crippen molar-refractivity contribution in [3.63, 3.8) is 0 Å². The van der Waals surface area contributed by atoms with Crippen molar-refractivity contribution in [3.8, 4) is 0 Å². The van der Waals surface area contributed by atoms with Gasteiger partial charge in [-0.1, -0.05) is 89.2 Å². The van der Waals surface area contributed by atoms with Crippen molar-refractivity contribution < 1.29 is 4.84 Å². The van der Waals surface area contributed by atoms with Crippen LogP contribution >= 0.6 is 0 Å². The van der Waals surface area contributed by atoms with E-state index in [1.807, 2.05) is 71.5 Å². The average Bonchev–Trinajstić information content (AvgIpc) is 3.37. The van der Waals surface area contributed by atoms with E-state index >= 15 is 0 Å². The Morgan fingerprint density at radius 1 is 0.800 bits per heavy atom. The Morgan fingerprint density at radius 3 is 2.17 bits per heavy atom. The predicted octanol–water partition coefficient (Wildman–Crippen LogP) is 4.22. The Balaban J connectivity index is 1.19. The zero-order chi connectivity index (χ0) is 23.7. The van der Waals surface area contributed by atoms with E-state index in [-0.39, 0.29) is 0 Å². The number of para-hydroxylation sites is 1. The summed E-state index contributed by atoms with van der Waals surface area (Å²) >= 11 is 0. The summed E-state index contributed by atoms with van der Waals surface area (Å²) < 4.78 is 1.84. The number of piperazine rings is 1. The summed E-state index contributed by atoms with van der Waals surface area (Å²) in [7, 11) is 0. The van der Waals surface area contributed by atoms with Crippen LogP contribution in [0.2, 0.25) is 0 Å². The van der Waals surface area contributed by atoms with Crippen LogP contribution in [-0.4, -0.2) is 51.8 Å². The zero-order valence-electron chi connectivity index (χ0n) is 19.8. The van der Waals surface area contributed by atoms with Gasteiger partial charge in [0.05, 0.1) is 18.4 Å². The topological polar surface area (TPSA) is 58.8 Å². The number of hydrogen-bond acceptors (Lipinski definition) is 6. The largest absolute Gasteiger partial charge is 0.391 e. The number of nitrogens with zero attached hydrogens (tertiary/aromatic N) is 6. The Hall–Kier alpha value is -3.97. The van der Waals surface area contributed by atoms with Gasteiger partial charge in [0.2, 0.25) is 0 Å². The minimum Gasteiger partial charge on any atom is -0.391 e. The van der Waals surface area contributed by atoms with E-state index in [0.717, 1.165) is 55.3 Å². The Kier molecular flexibility index (Phi) is 7.45. The van der Waals surface area contributed by atoms with E-state index in [9.17, 15) is 0 Å². The van der Waals surface area contributed by atoms with Crippen LogP contribution in [0.25, 0.3) is 0 Å². The second-order valence-electron chi connectivity index (χ2n) is 8.67. The molecule has 1 aliphatic heterocycles. The smallest absolute Gasteiger partial charge is 0.142 e. The number of rotatable bonds is 9. The number of oxime groups is 1. The first-order valence-corrected chi connectivity index (χ1v) is 12.0. The zero-order valence-corrected chi connectivity index (χ0v) is 19.8. The van der Waals surface area contributed by atoms with Crippen LogP contribution in [0.1, 0.15) is 16.8 Å². The quantitative estimate of drug-likeness (QED) is 0.273. The fourth-order valence-electron chi connectivity index (χ4n) is 4.24. The fraction of sp³-hybridized carbons (Fsp3) is 0.250. The van der Waals surface area contributed by atoms with Crippen LogP contribution in [0.5, 0.6) is 0 Å². The van der Waals surface area contributed by atoms with Gasteiger partial charge in [-0.3, -0.25) is 4.90 Å². The maximum atomic E-state index is 5.70. The van der Waals surface area contributed by atoms with Gasteiger partial charge in [-0.05, 0) is 17.7 Å². The minimum atomic E-state index is 0.425. The molecule has 178 valence electrons. The molecule has 7 heteroatoms. The van der Waals surface area contributed by atoms with Crippen molar-refractivity contribution in [2.75, 3.05) is 31.1 Å². The second kappa shape index (κ2) is 11.4. The monoisotopic (exact) mass is 466 g/mol. The summed E-state index contributed by atoms with van der Waals surface area (Å²) in [5, 5.41) is 13.3. The van der Waals surface area contributed by atoms with Gasteiger partial charge in [-0.2, -0.15) is 0 Å². The van der Waals surface area contributed by atoms with Gasteiger partial charge < -0.3 is 9.74 Å². The molecule has 2 heterocycles. The fourth-order valence-corrected chi connectivity index (χ4v) is 4.24. The molecule has 1 aromatic heterocycles. The number of hydrogen-bond donors (Lipinski definition) is 0. The van der Waals surface area contributed by atoms with Gasteiger partial charge in [0.15, 0.2) is 0 Å². The number of anilines is 1. The van der Waals surface area contributed by atoms with Gasteiger partial charge in [0.25, 0.3) is 0 Å². The first-order chi connectivity index (χ1) is 17.3. The van der Waals surface area contributed by atoms with Gasteiger partial charge in [0.1, 0.15) is 12.3 Å². The maximum absolute atomic E-state index is 5.70. The van der Waals surface area contributed by atoms with Gasteiger partial charge in [-0.25, -0.2) is 4.68 Å². The van der Waals surface area contributed by atoms with Crippen LogP contribution in [-0.2, 0) is 24.5 Å². The summed E-state index contributed by atoms with van der Waals surface area (Å²) in [4.78, 5) is 10.6. The molecule has 0 saturated carbocycles. The van der Waals surface area contributed by atoms with Crippen LogP contribution in [0.15, 0.2) is 102 Å². The molecule has 1 saturated heterocycles. The first-order valence-electron chi connectivity index (χ1n) is 12.0. The summed E-state index contributed by atoms with van der Waals surface area (Å²) in [5.41, 5.74) is 5.17. The molecule has 0 radical (unpaired) electrons. The summed E-state index contributed by atoms with van der Waals surface area (Å²) in [6, 6.07) is 30.7. The standard InChI is InChI=1S/C28H30N6O/c1-4-10-24(11-5-1)23-35-30-28(25-12-6-2-7-13-25)22-34-21-26(29-31-34)20-32-16-18-33(19-17-32)27-14-8-3-9-15-27/h1-15,21H,16-20,22-23H2/b30-28+. The summed E-state index contributed by atoms with van der Waals surface area (Å²) in [5.74, 6) is 0. The third kappa shape index (κ3) is 6.33. The molecule has 0 atom stereocenters. The van der Waals surface area contributed by atoms with Crippen LogP contribution in [0.4, 0.5) is 5.69 Å². The molecule has 0 amide bonds. The van der Waals surface area contributed by atoms with E-state index in [2.05, 4.69) is 55.6 Å². The highest BCUT2D eigenvalue weighted by Gasteiger charge is 2.18. The lowest BCUT2D eigenvalue weighted by Gasteiger charge is -2.35. The third-order valence-corrected chi connectivity index (χ3v) is 6.13. The molecule has 0 bridgehead atoms. The first kappa shape index (κ1) is 22.8. The molecule has 0 N–H and O–H groups in total. The molecule has 1 aliphatic rings. The van der Waals surface area contributed by atoms with Gasteiger partial charge in [-0.15, -0.1) is 5.10 Å². The summed E-state index contributed by atoms with van der Waals surface area (Å²) in [6.07, 6.45) is 2.01. The Bertz CT molecular complexity index is 1200. The van der Waals surface area contributed by atoms with Crippen LogP contribution < -0.4 is 4.90 Å². The third-order valence-electron chi connectivity index (χ3n) is 6.13. The predicted molar refractivity (Wildman–Crippen MR) is 138 cm³/mol. The van der Waals surface area contributed by atoms with Crippen molar-refractivity contribution in [2.45, 2.75) is 19.7 Å². The molecule has 0 unspecified atom stereocenters. The van der Waals surface area contributed by atoms with E-state index < -0.39 is 0 Å². The van der Waals surface area contributed by atoms with Crippen molar-refractivity contribution in [1.29, 1.82) is 0 Å². The molecule has 7 nitrogen and oxygen atoms in total. The molecule has 0 aliphatic carbocycles. The van der Waals surface area contributed by atoms with E-state index in [4.69, 9.17) is 4.84 Å². The molecule has 0 spiro atoms. The van der Waals surface area contributed by atoms with Gasteiger partial charge in [0, 0.05) is 44.0 Å². The van der Waals surface area contributed by atoms with Crippen LogP contribution in [0, 0.1) is 0 Å². The summed E-state index contributed by atoms with van der Waals surface area (Å²) in [6.45, 7) is 5.76. The lowest BCUT2D eigenvalue weighted by molar-refractivity contribution is 0.130. The molecule has 5 rings (SSSR count). The normalized spacial score (nSPS) is 14.7. The Labute approximate surface area is 206 Å². The second-order valence-corrected chi connectivity index (χ2v) is 8.67. The van der Waals surface area contributed by atoms with Crippen molar-refractivity contribution in [1.82, 2.24) is 19.9 Å². The number of aromatic nitrogens is 3. The lowest BCUT2D eigenvalue weighted by atomic mass is 10.1. The van der Waals surface area contributed by atoms with E-state index in [0.29, 0.717) is 13.2 Å². The van der Waals surface area contributed by atoms with E-state index in [1.54, 1.807) is 0 Å². The highest BCUT2D eigenvalue weighted by atomic mass is 16.6. The molecule has 3 aromatic carbocycles. The maximum Gasteiger partial charge on any atom is 0.142 e. The highest BCUT2D eigenvalue weighted by Crippen LogP contribution is 2.16. The highest BCUT2D eigenvalue weighted by molar-refractivity contribution is 5.99. The van der Waals surface area contributed by atoms with Crippen molar-refractivity contribution in [3.05, 3.63) is 114 Å².